The zero-order valence-electron chi connectivity index (χ0n) is 11.7. The zero-order valence-corrected chi connectivity index (χ0v) is 11.7. The van der Waals surface area contributed by atoms with Crippen LogP contribution in [-0.2, 0) is 4.74 Å². The SMILES string of the molecule is CC1CCNN=C1c1ccc(N2CCOCC2)c(F)c1. The molecule has 2 aliphatic rings. The molecule has 0 amide bonds. The van der Waals surface area contributed by atoms with Crippen molar-refractivity contribution in [2.24, 2.45) is 11.0 Å². The molecule has 2 heterocycles. The molecule has 3 rings (SSSR count). The summed E-state index contributed by atoms with van der Waals surface area (Å²) < 4.78 is 19.7. The maximum Gasteiger partial charge on any atom is 0.147 e. The van der Waals surface area contributed by atoms with Crippen molar-refractivity contribution in [1.82, 2.24) is 5.43 Å². The summed E-state index contributed by atoms with van der Waals surface area (Å²) >= 11 is 0. The molecule has 0 spiro atoms. The van der Waals surface area contributed by atoms with Gasteiger partial charge < -0.3 is 15.1 Å². The van der Waals surface area contributed by atoms with E-state index < -0.39 is 0 Å². The summed E-state index contributed by atoms with van der Waals surface area (Å²) in [7, 11) is 0. The van der Waals surface area contributed by atoms with E-state index in [-0.39, 0.29) is 5.82 Å². The monoisotopic (exact) mass is 277 g/mol. The van der Waals surface area contributed by atoms with Gasteiger partial charge in [0.1, 0.15) is 5.82 Å². The third-order valence-corrected chi connectivity index (χ3v) is 3.95. The zero-order chi connectivity index (χ0) is 13.9. The molecule has 5 heteroatoms. The quantitative estimate of drug-likeness (QED) is 0.898. The van der Waals surface area contributed by atoms with E-state index in [9.17, 15) is 4.39 Å². The number of ether oxygens (including phenoxy) is 1. The van der Waals surface area contributed by atoms with Crippen LogP contribution in [0.4, 0.5) is 10.1 Å². The number of hydrogen-bond acceptors (Lipinski definition) is 4. The van der Waals surface area contributed by atoms with Crippen molar-refractivity contribution >= 4 is 11.4 Å². The van der Waals surface area contributed by atoms with Gasteiger partial charge in [-0.1, -0.05) is 13.0 Å². The Morgan fingerprint density at radius 2 is 2.15 bits per heavy atom. The number of rotatable bonds is 2. The Bertz CT molecular complexity index is 512. The number of anilines is 1. The van der Waals surface area contributed by atoms with Gasteiger partial charge >= 0.3 is 0 Å². The van der Waals surface area contributed by atoms with Crippen LogP contribution in [0, 0.1) is 11.7 Å². The topological polar surface area (TPSA) is 36.9 Å². The highest BCUT2D eigenvalue weighted by Gasteiger charge is 2.20. The van der Waals surface area contributed by atoms with Crippen LogP contribution in [0.15, 0.2) is 23.3 Å². The van der Waals surface area contributed by atoms with Crippen LogP contribution in [0.5, 0.6) is 0 Å². The lowest BCUT2D eigenvalue weighted by atomic mass is 9.94. The van der Waals surface area contributed by atoms with Gasteiger partial charge in [-0.2, -0.15) is 5.10 Å². The summed E-state index contributed by atoms with van der Waals surface area (Å²) in [5, 5.41) is 4.33. The number of nitrogens with one attached hydrogen (secondary N) is 1. The Balaban J connectivity index is 1.85. The lowest BCUT2D eigenvalue weighted by molar-refractivity contribution is 0.122. The van der Waals surface area contributed by atoms with Gasteiger partial charge in [-0.25, -0.2) is 4.39 Å². The van der Waals surface area contributed by atoms with Crippen molar-refractivity contribution in [3.63, 3.8) is 0 Å². The molecule has 1 saturated heterocycles. The first-order chi connectivity index (χ1) is 9.75. The Morgan fingerprint density at radius 1 is 1.35 bits per heavy atom. The van der Waals surface area contributed by atoms with Gasteiger partial charge in [0.25, 0.3) is 0 Å². The Morgan fingerprint density at radius 3 is 2.85 bits per heavy atom. The maximum atomic E-state index is 14.4. The van der Waals surface area contributed by atoms with E-state index >= 15 is 0 Å². The van der Waals surface area contributed by atoms with Crippen molar-refractivity contribution in [3.05, 3.63) is 29.6 Å². The minimum Gasteiger partial charge on any atom is -0.378 e. The van der Waals surface area contributed by atoms with E-state index in [0.717, 1.165) is 37.3 Å². The van der Waals surface area contributed by atoms with E-state index in [2.05, 4.69) is 17.5 Å². The second-order valence-electron chi connectivity index (χ2n) is 5.36. The van der Waals surface area contributed by atoms with E-state index in [0.29, 0.717) is 24.8 Å². The van der Waals surface area contributed by atoms with Crippen LogP contribution in [0.1, 0.15) is 18.9 Å². The molecule has 0 saturated carbocycles. The summed E-state index contributed by atoms with van der Waals surface area (Å²) in [5.74, 6) is 0.190. The van der Waals surface area contributed by atoms with E-state index in [1.165, 1.54) is 0 Å². The lowest BCUT2D eigenvalue weighted by Crippen LogP contribution is -2.36. The molecule has 20 heavy (non-hydrogen) atoms. The summed E-state index contributed by atoms with van der Waals surface area (Å²) in [4.78, 5) is 2.03. The van der Waals surface area contributed by atoms with E-state index in [1.807, 2.05) is 17.0 Å². The van der Waals surface area contributed by atoms with Gasteiger partial charge in [0.05, 0.1) is 24.6 Å². The number of hydrogen-bond donors (Lipinski definition) is 1. The summed E-state index contributed by atoms with van der Waals surface area (Å²) in [5.41, 5.74) is 5.48. The Labute approximate surface area is 118 Å². The van der Waals surface area contributed by atoms with Crippen molar-refractivity contribution in [2.45, 2.75) is 13.3 Å². The molecule has 108 valence electrons. The predicted molar refractivity (Wildman–Crippen MR) is 77.8 cm³/mol. The molecule has 1 atom stereocenters. The van der Waals surface area contributed by atoms with Gasteiger partial charge in [0.15, 0.2) is 0 Å². The first-order valence-electron chi connectivity index (χ1n) is 7.19. The summed E-state index contributed by atoms with van der Waals surface area (Å²) in [6, 6.07) is 5.43. The third-order valence-electron chi connectivity index (χ3n) is 3.95. The Hall–Kier alpha value is -1.62. The molecule has 1 aromatic rings. The van der Waals surface area contributed by atoms with Crippen LogP contribution < -0.4 is 10.3 Å². The minimum absolute atomic E-state index is 0.176. The molecule has 0 bridgehead atoms. The molecule has 1 unspecified atom stereocenters. The molecule has 0 aliphatic carbocycles. The second kappa shape index (κ2) is 5.79. The average Bonchev–Trinajstić information content (AvgIpc) is 2.48. The number of morpholine rings is 1. The molecular weight excluding hydrogens is 257 g/mol. The van der Waals surface area contributed by atoms with Crippen LogP contribution in [0.2, 0.25) is 0 Å². The van der Waals surface area contributed by atoms with Crippen molar-refractivity contribution < 1.29 is 9.13 Å². The number of benzene rings is 1. The molecule has 1 aromatic carbocycles. The molecular formula is C15H20FN3O. The van der Waals surface area contributed by atoms with Crippen LogP contribution >= 0.6 is 0 Å². The summed E-state index contributed by atoms with van der Waals surface area (Å²) in [6.07, 6.45) is 1.03. The largest absolute Gasteiger partial charge is 0.378 e. The van der Waals surface area contributed by atoms with E-state index in [1.54, 1.807) is 6.07 Å². The first kappa shape index (κ1) is 13.4. The number of hydrazone groups is 1. The highest BCUT2D eigenvalue weighted by atomic mass is 19.1. The molecule has 0 radical (unpaired) electrons. The van der Waals surface area contributed by atoms with Crippen molar-refractivity contribution in [1.29, 1.82) is 0 Å². The highest BCUT2D eigenvalue weighted by Crippen LogP contribution is 2.24. The normalized spacial score (nSPS) is 23.2. The van der Waals surface area contributed by atoms with Gasteiger partial charge in [-0.3, -0.25) is 0 Å². The molecule has 4 nitrogen and oxygen atoms in total. The smallest absolute Gasteiger partial charge is 0.147 e. The van der Waals surface area contributed by atoms with Crippen LogP contribution in [0.25, 0.3) is 0 Å². The fraction of sp³-hybridized carbons (Fsp3) is 0.533. The second-order valence-corrected chi connectivity index (χ2v) is 5.36. The van der Waals surface area contributed by atoms with Crippen molar-refractivity contribution in [2.75, 3.05) is 37.7 Å². The third kappa shape index (κ3) is 2.63. The average molecular weight is 277 g/mol. The molecule has 0 aromatic heterocycles. The highest BCUT2D eigenvalue weighted by molar-refractivity contribution is 6.02. The number of nitrogens with zero attached hydrogens (tertiary/aromatic N) is 2. The fourth-order valence-electron chi connectivity index (χ4n) is 2.75. The van der Waals surface area contributed by atoms with Crippen molar-refractivity contribution in [3.8, 4) is 0 Å². The summed E-state index contributed by atoms with van der Waals surface area (Å²) in [6.45, 7) is 5.83. The number of halogens is 1. The van der Waals surface area contributed by atoms with Gasteiger partial charge in [-0.05, 0) is 18.6 Å². The van der Waals surface area contributed by atoms with Gasteiger partial charge in [-0.15, -0.1) is 0 Å². The molecule has 1 fully saturated rings. The Kier molecular flexibility index (Phi) is 3.87. The van der Waals surface area contributed by atoms with Crippen LogP contribution in [0.3, 0.4) is 0 Å². The maximum absolute atomic E-state index is 14.4. The molecule has 1 N–H and O–H groups in total. The first-order valence-corrected chi connectivity index (χ1v) is 7.19. The van der Waals surface area contributed by atoms with E-state index in [4.69, 9.17) is 4.74 Å². The van der Waals surface area contributed by atoms with Crippen LogP contribution in [-0.4, -0.2) is 38.6 Å². The standard InChI is InChI=1S/C15H20FN3O/c1-11-4-5-17-18-15(11)12-2-3-14(13(16)10-12)19-6-8-20-9-7-19/h2-3,10-11,17H,4-9H2,1H3. The lowest BCUT2D eigenvalue weighted by Gasteiger charge is -2.29. The fourth-order valence-corrected chi connectivity index (χ4v) is 2.75. The van der Waals surface area contributed by atoms with Gasteiger partial charge in [0, 0.05) is 31.1 Å². The molecule has 2 aliphatic heterocycles. The van der Waals surface area contributed by atoms with Gasteiger partial charge in [0.2, 0.25) is 0 Å². The predicted octanol–water partition coefficient (Wildman–Crippen LogP) is 2.00. The minimum atomic E-state index is -0.176.